The molecule has 2 aromatic rings. The summed E-state index contributed by atoms with van der Waals surface area (Å²) in [5.41, 5.74) is -1.33. The maximum absolute atomic E-state index is 13.1. The van der Waals surface area contributed by atoms with Gasteiger partial charge in [0.15, 0.2) is 0 Å². The van der Waals surface area contributed by atoms with E-state index < -0.39 is 41.2 Å². The van der Waals surface area contributed by atoms with Gasteiger partial charge in [0.25, 0.3) is 0 Å². The highest BCUT2D eigenvalue weighted by Crippen LogP contribution is 2.35. The standard InChI is InChI=1S/C18H13ClF3N3O3/c19-10-5-7-11(8-6-10)25-16(27)12(9-23-17(25)28)15(26)24-14-4-2-1-3-13(14)18(20,21)22/h1-8,12H,9H2,(H,23,28)(H,24,26). The third-order valence-corrected chi connectivity index (χ3v) is 4.32. The molecule has 4 amide bonds. The summed E-state index contributed by atoms with van der Waals surface area (Å²) in [6.07, 6.45) is -4.68. The van der Waals surface area contributed by atoms with Crippen molar-refractivity contribution in [3.05, 3.63) is 59.1 Å². The Balaban J connectivity index is 1.84. The van der Waals surface area contributed by atoms with Crippen molar-refractivity contribution in [1.29, 1.82) is 0 Å². The van der Waals surface area contributed by atoms with Crippen LogP contribution in [0.5, 0.6) is 0 Å². The SMILES string of the molecule is O=C(Nc1ccccc1C(F)(F)F)C1CNC(=O)N(c2ccc(Cl)cc2)C1=O. The predicted molar refractivity (Wildman–Crippen MR) is 95.9 cm³/mol. The molecule has 1 aliphatic heterocycles. The highest BCUT2D eigenvalue weighted by molar-refractivity contribution is 6.30. The largest absolute Gasteiger partial charge is 0.418 e. The second-order valence-corrected chi connectivity index (χ2v) is 6.36. The first-order valence-corrected chi connectivity index (χ1v) is 8.40. The van der Waals surface area contributed by atoms with E-state index in [2.05, 4.69) is 10.6 Å². The minimum atomic E-state index is -4.68. The van der Waals surface area contributed by atoms with Crippen LogP contribution >= 0.6 is 11.6 Å². The molecule has 3 rings (SSSR count). The zero-order chi connectivity index (χ0) is 20.5. The Labute approximate surface area is 162 Å². The summed E-state index contributed by atoms with van der Waals surface area (Å²) < 4.78 is 39.3. The van der Waals surface area contributed by atoms with Crippen LogP contribution < -0.4 is 15.5 Å². The lowest BCUT2D eigenvalue weighted by Crippen LogP contribution is -2.58. The third kappa shape index (κ3) is 3.94. The van der Waals surface area contributed by atoms with Crippen LogP contribution in [-0.4, -0.2) is 24.4 Å². The highest BCUT2D eigenvalue weighted by atomic mass is 35.5. The molecule has 1 aliphatic rings. The number of rotatable bonds is 3. The number of amides is 4. The molecule has 146 valence electrons. The van der Waals surface area contributed by atoms with Crippen molar-refractivity contribution in [2.24, 2.45) is 5.92 Å². The molecular formula is C18H13ClF3N3O3. The van der Waals surface area contributed by atoms with E-state index in [-0.39, 0.29) is 12.2 Å². The first-order chi connectivity index (χ1) is 13.2. The van der Waals surface area contributed by atoms with Gasteiger partial charge in [-0.2, -0.15) is 13.2 Å². The minimum Gasteiger partial charge on any atom is -0.336 e. The van der Waals surface area contributed by atoms with E-state index >= 15 is 0 Å². The van der Waals surface area contributed by atoms with Crippen molar-refractivity contribution >= 4 is 40.8 Å². The normalized spacial score (nSPS) is 17.3. The summed E-state index contributed by atoms with van der Waals surface area (Å²) in [4.78, 5) is 38.0. The van der Waals surface area contributed by atoms with Crippen molar-refractivity contribution in [2.45, 2.75) is 6.18 Å². The number of hydrogen-bond acceptors (Lipinski definition) is 3. The predicted octanol–water partition coefficient (Wildman–Crippen LogP) is 3.67. The van der Waals surface area contributed by atoms with Crippen LogP contribution in [0.2, 0.25) is 5.02 Å². The molecule has 1 unspecified atom stereocenters. The van der Waals surface area contributed by atoms with E-state index in [4.69, 9.17) is 11.6 Å². The summed E-state index contributed by atoms with van der Waals surface area (Å²) in [6.45, 7) is -0.332. The molecule has 0 aliphatic carbocycles. The van der Waals surface area contributed by atoms with E-state index in [1.807, 2.05) is 0 Å². The van der Waals surface area contributed by atoms with Crippen molar-refractivity contribution in [1.82, 2.24) is 5.32 Å². The fourth-order valence-corrected chi connectivity index (χ4v) is 2.84. The first-order valence-electron chi connectivity index (χ1n) is 8.03. The Hall–Kier alpha value is -3.07. The Kier molecular flexibility index (Phi) is 5.28. The molecule has 1 saturated heterocycles. The molecule has 1 atom stereocenters. The van der Waals surface area contributed by atoms with E-state index in [1.54, 1.807) is 0 Å². The molecule has 2 N–H and O–H groups in total. The number of hydrogen-bond donors (Lipinski definition) is 2. The summed E-state index contributed by atoms with van der Waals surface area (Å²) in [7, 11) is 0. The molecule has 0 bridgehead atoms. The number of benzene rings is 2. The summed E-state index contributed by atoms with van der Waals surface area (Å²) in [6, 6.07) is 9.43. The van der Waals surface area contributed by atoms with E-state index in [9.17, 15) is 27.6 Å². The maximum Gasteiger partial charge on any atom is 0.418 e. The summed E-state index contributed by atoms with van der Waals surface area (Å²) >= 11 is 5.78. The van der Waals surface area contributed by atoms with Gasteiger partial charge in [0.05, 0.1) is 16.9 Å². The Morgan fingerprint density at radius 3 is 2.39 bits per heavy atom. The van der Waals surface area contributed by atoms with Gasteiger partial charge in [-0.15, -0.1) is 0 Å². The second kappa shape index (κ2) is 7.51. The van der Waals surface area contributed by atoms with Crippen molar-refractivity contribution in [3.63, 3.8) is 0 Å². The quantitative estimate of drug-likeness (QED) is 0.756. The van der Waals surface area contributed by atoms with Gasteiger partial charge in [-0.3, -0.25) is 9.59 Å². The van der Waals surface area contributed by atoms with Gasteiger partial charge in [0.2, 0.25) is 11.8 Å². The van der Waals surface area contributed by atoms with Gasteiger partial charge in [0.1, 0.15) is 5.92 Å². The smallest absolute Gasteiger partial charge is 0.336 e. The van der Waals surface area contributed by atoms with E-state index in [1.165, 1.54) is 36.4 Å². The molecule has 10 heteroatoms. The van der Waals surface area contributed by atoms with Crippen LogP contribution in [0.15, 0.2) is 48.5 Å². The molecule has 1 heterocycles. The first kappa shape index (κ1) is 19.7. The number of halogens is 4. The molecule has 2 aromatic carbocycles. The molecule has 28 heavy (non-hydrogen) atoms. The molecule has 1 fully saturated rings. The average molecular weight is 412 g/mol. The fraction of sp³-hybridized carbons (Fsp3) is 0.167. The number of urea groups is 1. The molecule has 6 nitrogen and oxygen atoms in total. The lowest BCUT2D eigenvalue weighted by molar-refractivity contribution is -0.137. The lowest BCUT2D eigenvalue weighted by atomic mass is 10.0. The summed E-state index contributed by atoms with van der Waals surface area (Å²) in [5, 5.41) is 4.90. The number of nitrogens with zero attached hydrogens (tertiary/aromatic N) is 1. The van der Waals surface area contributed by atoms with Crippen molar-refractivity contribution in [3.8, 4) is 0 Å². The molecule has 0 spiro atoms. The average Bonchev–Trinajstić information content (AvgIpc) is 2.63. The molecule has 0 radical (unpaired) electrons. The van der Waals surface area contributed by atoms with E-state index in [0.29, 0.717) is 5.02 Å². The summed E-state index contributed by atoms with van der Waals surface area (Å²) in [5.74, 6) is -3.21. The molecular weight excluding hydrogens is 399 g/mol. The number of carbonyl (C=O) groups excluding carboxylic acids is 3. The maximum atomic E-state index is 13.1. The Morgan fingerprint density at radius 1 is 1.11 bits per heavy atom. The topological polar surface area (TPSA) is 78.5 Å². The highest BCUT2D eigenvalue weighted by Gasteiger charge is 2.40. The van der Waals surface area contributed by atoms with Crippen LogP contribution in [0.3, 0.4) is 0 Å². The van der Waals surface area contributed by atoms with Crippen molar-refractivity contribution in [2.75, 3.05) is 16.8 Å². The second-order valence-electron chi connectivity index (χ2n) is 5.92. The number of carbonyl (C=O) groups is 3. The molecule has 0 aromatic heterocycles. The zero-order valence-electron chi connectivity index (χ0n) is 14.1. The number of alkyl halides is 3. The lowest BCUT2D eigenvalue weighted by Gasteiger charge is -2.30. The molecule has 0 saturated carbocycles. The van der Waals surface area contributed by atoms with Gasteiger partial charge in [-0.05, 0) is 36.4 Å². The van der Waals surface area contributed by atoms with Crippen LogP contribution in [0.1, 0.15) is 5.56 Å². The third-order valence-electron chi connectivity index (χ3n) is 4.07. The van der Waals surface area contributed by atoms with Gasteiger partial charge in [-0.25, -0.2) is 9.69 Å². The van der Waals surface area contributed by atoms with E-state index in [0.717, 1.165) is 17.0 Å². The Bertz CT molecular complexity index is 932. The van der Waals surface area contributed by atoms with Crippen molar-refractivity contribution < 1.29 is 27.6 Å². The fourth-order valence-electron chi connectivity index (χ4n) is 2.71. The van der Waals surface area contributed by atoms with Crippen LogP contribution in [0, 0.1) is 5.92 Å². The minimum absolute atomic E-state index is 0.181. The number of anilines is 2. The van der Waals surface area contributed by atoms with Crippen LogP contribution in [0.25, 0.3) is 0 Å². The van der Waals surface area contributed by atoms with Crippen LogP contribution in [-0.2, 0) is 15.8 Å². The Morgan fingerprint density at radius 2 is 1.75 bits per heavy atom. The number of para-hydroxylation sites is 1. The van der Waals surface area contributed by atoms with Gasteiger partial charge in [-0.1, -0.05) is 23.7 Å². The monoisotopic (exact) mass is 411 g/mol. The zero-order valence-corrected chi connectivity index (χ0v) is 14.8. The van der Waals surface area contributed by atoms with Gasteiger partial charge < -0.3 is 10.6 Å². The van der Waals surface area contributed by atoms with Gasteiger partial charge in [0, 0.05) is 11.6 Å². The number of imide groups is 1. The van der Waals surface area contributed by atoms with Crippen LogP contribution in [0.4, 0.5) is 29.3 Å². The number of nitrogens with one attached hydrogen (secondary N) is 2. The van der Waals surface area contributed by atoms with Gasteiger partial charge >= 0.3 is 12.2 Å².